The number of halogens is 3. The SMILES string of the molecule is COc1cc2c(cc1C(=O)Oc1ccccc1)-c1c(CC(F)(F)F)cc(C(=O)N3CC[C@]3(C)C#N)n1CC2. The molecule has 0 saturated carbocycles. The average molecular weight is 524 g/mol. The number of benzene rings is 2. The molecule has 2 aromatic carbocycles. The fourth-order valence-corrected chi connectivity index (χ4v) is 5.08. The van der Waals surface area contributed by atoms with Crippen LogP contribution < -0.4 is 9.47 Å². The Labute approximate surface area is 217 Å². The van der Waals surface area contributed by atoms with Gasteiger partial charge in [0.05, 0.1) is 25.3 Å². The van der Waals surface area contributed by atoms with Crippen LogP contribution in [0.4, 0.5) is 13.2 Å². The van der Waals surface area contributed by atoms with E-state index in [-0.39, 0.29) is 34.8 Å². The van der Waals surface area contributed by atoms with Gasteiger partial charge in [-0.05, 0) is 54.8 Å². The lowest BCUT2D eigenvalue weighted by Gasteiger charge is -2.45. The summed E-state index contributed by atoms with van der Waals surface area (Å²) in [5.74, 6) is -0.667. The summed E-state index contributed by atoms with van der Waals surface area (Å²) in [6.07, 6.45) is -4.88. The zero-order chi connectivity index (χ0) is 27.2. The maximum Gasteiger partial charge on any atom is 0.393 e. The number of ether oxygens (including phenoxy) is 2. The molecule has 0 bridgehead atoms. The molecule has 10 heteroatoms. The Bertz CT molecular complexity index is 1470. The molecule has 0 unspecified atom stereocenters. The molecule has 0 N–H and O–H groups in total. The molecule has 3 aromatic rings. The van der Waals surface area contributed by atoms with Gasteiger partial charge in [-0.25, -0.2) is 4.79 Å². The van der Waals surface area contributed by atoms with E-state index in [2.05, 4.69) is 6.07 Å². The zero-order valence-corrected chi connectivity index (χ0v) is 20.8. The zero-order valence-electron chi connectivity index (χ0n) is 20.8. The van der Waals surface area contributed by atoms with Gasteiger partial charge in [0.15, 0.2) is 0 Å². The van der Waals surface area contributed by atoms with Crippen LogP contribution in [0.15, 0.2) is 48.5 Å². The van der Waals surface area contributed by atoms with Crippen molar-refractivity contribution in [3.8, 4) is 28.8 Å². The molecular weight excluding hydrogens is 499 g/mol. The number of alkyl halides is 3. The molecule has 0 spiro atoms. The predicted molar refractivity (Wildman–Crippen MR) is 131 cm³/mol. The van der Waals surface area contributed by atoms with Crippen molar-refractivity contribution >= 4 is 11.9 Å². The number of hydrogen-bond donors (Lipinski definition) is 0. The smallest absolute Gasteiger partial charge is 0.393 e. The topological polar surface area (TPSA) is 84.6 Å². The summed E-state index contributed by atoms with van der Waals surface area (Å²) in [4.78, 5) is 27.9. The lowest BCUT2D eigenvalue weighted by atomic mass is 9.88. The summed E-state index contributed by atoms with van der Waals surface area (Å²) < 4.78 is 53.4. The minimum absolute atomic E-state index is 0.0513. The molecule has 1 aromatic heterocycles. The predicted octanol–water partition coefficient (Wildman–Crippen LogP) is 5.17. The van der Waals surface area contributed by atoms with Gasteiger partial charge in [-0.3, -0.25) is 4.79 Å². The van der Waals surface area contributed by atoms with Crippen molar-refractivity contribution in [1.29, 1.82) is 5.26 Å². The Morgan fingerprint density at radius 3 is 2.47 bits per heavy atom. The molecule has 1 fully saturated rings. The van der Waals surface area contributed by atoms with Crippen molar-refractivity contribution < 1.29 is 32.2 Å². The number of nitriles is 1. The minimum atomic E-state index is -4.53. The molecule has 2 aliphatic rings. The number of carbonyl (C=O) groups is 2. The highest BCUT2D eigenvalue weighted by molar-refractivity contribution is 5.98. The number of amides is 1. The molecule has 38 heavy (non-hydrogen) atoms. The number of nitrogens with zero attached hydrogens (tertiary/aromatic N) is 3. The maximum absolute atomic E-state index is 13.6. The molecule has 2 aliphatic heterocycles. The monoisotopic (exact) mass is 523 g/mol. The molecule has 1 atom stereocenters. The van der Waals surface area contributed by atoms with Gasteiger partial charge < -0.3 is 18.9 Å². The number of fused-ring (bicyclic) bond motifs is 3. The quantitative estimate of drug-likeness (QED) is 0.340. The van der Waals surface area contributed by atoms with Crippen LogP contribution in [0.3, 0.4) is 0 Å². The van der Waals surface area contributed by atoms with Crippen LogP contribution in [0.25, 0.3) is 11.3 Å². The molecule has 0 radical (unpaired) electrons. The minimum Gasteiger partial charge on any atom is -0.496 e. The van der Waals surface area contributed by atoms with Crippen LogP contribution in [0.2, 0.25) is 0 Å². The van der Waals surface area contributed by atoms with E-state index < -0.39 is 30.0 Å². The van der Waals surface area contributed by atoms with Crippen molar-refractivity contribution in [1.82, 2.24) is 9.47 Å². The lowest BCUT2D eigenvalue weighted by Crippen LogP contribution is -2.59. The first-order valence-electron chi connectivity index (χ1n) is 12.1. The van der Waals surface area contributed by atoms with Crippen molar-refractivity contribution in [3.63, 3.8) is 0 Å². The molecule has 7 nitrogen and oxygen atoms in total. The van der Waals surface area contributed by atoms with E-state index in [1.807, 2.05) is 0 Å². The second-order valence-electron chi connectivity index (χ2n) is 9.60. The average Bonchev–Trinajstić information content (AvgIpc) is 3.24. The maximum atomic E-state index is 13.6. The summed E-state index contributed by atoms with van der Waals surface area (Å²) in [5.41, 5.74) is 0.390. The van der Waals surface area contributed by atoms with Gasteiger partial charge in [0.2, 0.25) is 0 Å². The van der Waals surface area contributed by atoms with Crippen LogP contribution in [0.5, 0.6) is 11.5 Å². The summed E-state index contributed by atoms with van der Waals surface area (Å²) in [5, 5.41) is 9.52. The van der Waals surface area contributed by atoms with Gasteiger partial charge in [-0.15, -0.1) is 0 Å². The van der Waals surface area contributed by atoms with Gasteiger partial charge >= 0.3 is 12.1 Å². The van der Waals surface area contributed by atoms with Gasteiger partial charge in [-0.1, -0.05) is 18.2 Å². The fraction of sp³-hybridized carbons (Fsp3) is 0.321. The van der Waals surface area contributed by atoms with E-state index in [0.29, 0.717) is 36.3 Å². The Balaban J connectivity index is 1.62. The molecule has 0 aliphatic carbocycles. The molecule has 3 heterocycles. The third kappa shape index (κ3) is 4.38. The number of methoxy groups -OCH3 is 1. The van der Waals surface area contributed by atoms with E-state index in [1.54, 1.807) is 47.9 Å². The first-order chi connectivity index (χ1) is 18.0. The molecule has 1 saturated heterocycles. The Morgan fingerprint density at radius 2 is 1.87 bits per heavy atom. The first kappa shape index (κ1) is 25.4. The molecular formula is C28H24F3N3O4. The van der Waals surface area contributed by atoms with Crippen LogP contribution >= 0.6 is 0 Å². The number of esters is 1. The highest BCUT2D eigenvalue weighted by atomic mass is 19.4. The van der Waals surface area contributed by atoms with E-state index in [4.69, 9.17) is 9.47 Å². The van der Waals surface area contributed by atoms with Gasteiger partial charge in [0.25, 0.3) is 5.91 Å². The summed E-state index contributed by atoms with van der Waals surface area (Å²) in [6, 6.07) is 14.9. The third-order valence-corrected chi connectivity index (χ3v) is 7.15. The number of aromatic nitrogens is 1. The van der Waals surface area contributed by atoms with E-state index in [1.165, 1.54) is 24.1 Å². The number of hydrogen-bond acceptors (Lipinski definition) is 5. The number of rotatable bonds is 5. The summed E-state index contributed by atoms with van der Waals surface area (Å²) >= 11 is 0. The van der Waals surface area contributed by atoms with Crippen LogP contribution in [-0.2, 0) is 19.4 Å². The van der Waals surface area contributed by atoms with Crippen LogP contribution in [-0.4, -0.2) is 46.7 Å². The normalized spacial score (nSPS) is 18.1. The summed E-state index contributed by atoms with van der Waals surface area (Å²) in [6.45, 7) is 2.24. The molecule has 1 amide bonds. The first-order valence-corrected chi connectivity index (χ1v) is 12.1. The standard InChI is InChI=1S/C28H24F3N3O4/c1-27(16-32)9-11-34(27)25(35)22-12-18(15-28(29,30)31)24-20-14-21(26(36)38-19-6-4-3-5-7-19)23(37-2)13-17(20)8-10-33(22)24/h3-7,12-14H,8-11,15H2,1-2H3/t27-/m1/s1. The number of carbonyl (C=O) groups excluding carboxylic acids is 2. The van der Waals surface area contributed by atoms with Crippen LogP contribution in [0, 0.1) is 11.3 Å². The second kappa shape index (κ2) is 9.24. The van der Waals surface area contributed by atoms with Crippen molar-refractivity contribution in [2.45, 2.75) is 44.4 Å². The van der Waals surface area contributed by atoms with E-state index >= 15 is 0 Å². The number of likely N-dealkylation sites (tertiary alicyclic amines) is 1. The Kier molecular flexibility index (Phi) is 6.18. The molecule has 196 valence electrons. The van der Waals surface area contributed by atoms with E-state index in [0.717, 1.165) is 0 Å². The highest BCUT2D eigenvalue weighted by Crippen LogP contribution is 2.42. The third-order valence-electron chi connectivity index (χ3n) is 7.15. The van der Waals surface area contributed by atoms with Crippen LogP contribution in [0.1, 0.15) is 45.3 Å². The summed E-state index contributed by atoms with van der Waals surface area (Å²) in [7, 11) is 1.40. The van der Waals surface area contributed by atoms with Gasteiger partial charge in [0, 0.05) is 25.1 Å². The van der Waals surface area contributed by atoms with Crippen molar-refractivity contribution in [3.05, 3.63) is 70.9 Å². The van der Waals surface area contributed by atoms with Gasteiger partial charge in [-0.2, -0.15) is 18.4 Å². The highest BCUT2D eigenvalue weighted by Gasteiger charge is 2.46. The Hall–Kier alpha value is -4.26. The Morgan fingerprint density at radius 1 is 1.13 bits per heavy atom. The fourth-order valence-electron chi connectivity index (χ4n) is 5.08. The van der Waals surface area contributed by atoms with Crippen molar-refractivity contribution in [2.24, 2.45) is 0 Å². The van der Waals surface area contributed by atoms with E-state index in [9.17, 15) is 28.0 Å². The second-order valence-corrected chi connectivity index (χ2v) is 9.60. The number of para-hydroxylation sites is 1. The van der Waals surface area contributed by atoms with Gasteiger partial charge in [0.1, 0.15) is 28.3 Å². The van der Waals surface area contributed by atoms with Crippen molar-refractivity contribution in [2.75, 3.05) is 13.7 Å². The lowest BCUT2D eigenvalue weighted by molar-refractivity contribution is -0.127. The molecule has 5 rings (SSSR count). The number of aryl methyl sites for hydroxylation is 1. The largest absolute Gasteiger partial charge is 0.496 e.